The zero-order chi connectivity index (χ0) is 21.5. The molecule has 5 nitrogen and oxygen atoms in total. The fraction of sp³-hybridized carbons (Fsp3) is 0.739. The average molecular weight is 426 g/mol. The smallest absolute Gasteiger partial charge is 0.258 e. The molecule has 29 heavy (non-hydrogen) atoms. The molecule has 0 saturated heterocycles. The highest BCUT2D eigenvalue weighted by Gasteiger charge is 2.19. The summed E-state index contributed by atoms with van der Waals surface area (Å²) in [5.41, 5.74) is 0.345. The highest BCUT2D eigenvalue weighted by atomic mass is 32.2. The molecular weight excluding hydrogens is 386 g/mol. The number of aryl methyl sites for hydroxylation is 1. The monoisotopic (exact) mass is 425 g/mol. The molecule has 1 aromatic rings. The lowest BCUT2D eigenvalue weighted by Gasteiger charge is -2.06. The van der Waals surface area contributed by atoms with E-state index in [1.807, 2.05) is 0 Å². The van der Waals surface area contributed by atoms with E-state index in [1.165, 1.54) is 82.4 Å². The van der Waals surface area contributed by atoms with Gasteiger partial charge in [0.15, 0.2) is 9.84 Å². The molecular formula is C23H39NO4S. The van der Waals surface area contributed by atoms with Crippen LogP contribution in [0.2, 0.25) is 0 Å². The summed E-state index contributed by atoms with van der Waals surface area (Å²) in [6.07, 6.45) is 17.1. The topological polar surface area (TPSA) is 77.3 Å². The lowest BCUT2D eigenvalue weighted by Crippen LogP contribution is -2.07. The third kappa shape index (κ3) is 10.8. The van der Waals surface area contributed by atoms with Gasteiger partial charge in [0.1, 0.15) is 0 Å². The molecule has 0 atom stereocenters. The molecule has 0 heterocycles. The van der Waals surface area contributed by atoms with Crippen molar-refractivity contribution in [3.8, 4) is 0 Å². The number of nitrogens with zero attached hydrogens (tertiary/aromatic N) is 1. The maximum atomic E-state index is 12.4. The van der Waals surface area contributed by atoms with Crippen LogP contribution in [-0.2, 0) is 9.84 Å². The molecule has 0 unspecified atom stereocenters. The van der Waals surface area contributed by atoms with Gasteiger partial charge in [-0.05, 0) is 19.4 Å². The van der Waals surface area contributed by atoms with Crippen LogP contribution in [0, 0.1) is 17.0 Å². The van der Waals surface area contributed by atoms with E-state index in [9.17, 15) is 18.5 Å². The van der Waals surface area contributed by atoms with Crippen LogP contribution in [0.5, 0.6) is 0 Å². The summed E-state index contributed by atoms with van der Waals surface area (Å²) in [5.74, 6) is 0.0608. The number of nitro benzene ring substituents is 1. The Bertz CT molecular complexity index is 701. The number of hydrogen-bond acceptors (Lipinski definition) is 4. The molecule has 0 aromatic heterocycles. The minimum absolute atomic E-state index is 0.0597. The second kappa shape index (κ2) is 14.5. The van der Waals surface area contributed by atoms with Crippen molar-refractivity contribution in [3.05, 3.63) is 33.9 Å². The fourth-order valence-electron chi connectivity index (χ4n) is 3.58. The molecule has 0 spiro atoms. The van der Waals surface area contributed by atoms with Crippen molar-refractivity contribution in [2.24, 2.45) is 0 Å². The van der Waals surface area contributed by atoms with Crippen LogP contribution in [0.15, 0.2) is 23.1 Å². The second-order valence-corrected chi connectivity index (χ2v) is 10.2. The van der Waals surface area contributed by atoms with E-state index in [2.05, 4.69) is 6.92 Å². The predicted octanol–water partition coefficient (Wildman–Crippen LogP) is 7.16. The van der Waals surface area contributed by atoms with E-state index >= 15 is 0 Å². The van der Waals surface area contributed by atoms with E-state index in [4.69, 9.17) is 0 Å². The maximum absolute atomic E-state index is 12.4. The molecule has 0 N–H and O–H groups in total. The lowest BCUT2D eigenvalue weighted by molar-refractivity contribution is -0.385. The predicted molar refractivity (Wildman–Crippen MR) is 120 cm³/mol. The van der Waals surface area contributed by atoms with Gasteiger partial charge in [0.2, 0.25) is 0 Å². The Balaban J connectivity index is 2.11. The van der Waals surface area contributed by atoms with Crippen LogP contribution < -0.4 is 0 Å². The number of hydrogen-bond donors (Lipinski definition) is 0. The van der Waals surface area contributed by atoms with Crippen molar-refractivity contribution in [1.82, 2.24) is 0 Å². The summed E-state index contributed by atoms with van der Waals surface area (Å²) in [6, 6.07) is 4.17. The lowest BCUT2D eigenvalue weighted by atomic mass is 10.0. The van der Waals surface area contributed by atoms with Crippen molar-refractivity contribution in [2.45, 2.75) is 109 Å². The van der Waals surface area contributed by atoms with Gasteiger partial charge in [0.05, 0.1) is 15.6 Å². The van der Waals surface area contributed by atoms with E-state index in [0.717, 1.165) is 19.3 Å². The number of nitro groups is 1. The summed E-state index contributed by atoms with van der Waals surface area (Å²) < 4.78 is 24.8. The van der Waals surface area contributed by atoms with Gasteiger partial charge in [-0.15, -0.1) is 0 Å². The first-order valence-corrected chi connectivity index (χ1v) is 13.0. The summed E-state index contributed by atoms with van der Waals surface area (Å²) in [7, 11) is -3.45. The first kappa shape index (κ1) is 25.6. The van der Waals surface area contributed by atoms with E-state index < -0.39 is 14.8 Å². The van der Waals surface area contributed by atoms with Crippen molar-refractivity contribution < 1.29 is 13.3 Å². The van der Waals surface area contributed by atoms with Crippen molar-refractivity contribution in [3.63, 3.8) is 0 Å². The zero-order valence-corrected chi connectivity index (χ0v) is 19.1. The average Bonchev–Trinajstić information content (AvgIpc) is 2.68. The minimum atomic E-state index is -3.45. The zero-order valence-electron chi connectivity index (χ0n) is 18.3. The molecule has 166 valence electrons. The molecule has 0 fully saturated rings. The van der Waals surface area contributed by atoms with Gasteiger partial charge in [-0.1, -0.05) is 96.5 Å². The fourth-order valence-corrected chi connectivity index (χ4v) is 4.97. The maximum Gasteiger partial charge on any atom is 0.273 e. The summed E-state index contributed by atoms with van der Waals surface area (Å²) in [5, 5.41) is 11.0. The van der Waals surface area contributed by atoms with Gasteiger partial charge in [0, 0.05) is 11.6 Å². The Kier molecular flexibility index (Phi) is 12.8. The second-order valence-electron chi connectivity index (χ2n) is 8.12. The Morgan fingerprint density at radius 2 is 1.24 bits per heavy atom. The molecule has 0 saturated carbocycles. The Hall–Kier alpha value is -1.43. The molecule has 0 bridgehead atoms. The van der Waals surface area contributed by atoms with E-state index in [0.29, 0.717) is 12.0 Å². The third-order valence-corrected chi connectivity index (χ3v) is 7.30. The van der Waals surface area contributed by atoms with Crippen LogP contribution in [0.1, 0.15) is 102 Å². The molecule has 1 aromatic carbocycles. The summed E-state index contributed by atoms with van der Waals surface area (Å²) in [4.78, 5) is 10.5. The highest BCUT2D eigenvalue weighted by Crippen LogP contribution is 2.23. The first-order chi connectivity index (χ1) is 13.9. The largest absolute Gasteiger partial charge is 0.273 e. The minimum Gasteiger partial charge on any atom is -0.258 e. The van der Waals surface area contributed by atoms with E-state index in [1.54, 1.807) is 6.92 Å². The van der Waals surface area contributed by atoms with Gasteiger partial charge in [-0.25, -0.2) is 8.42 Å². The molecule has 0 aliphatic heterocycles. The Labute approximate surface area is 177 Å². The quantitative estimate of drug-likeness (QED) is 0.151. The SMILES string of the molecule is CCCCCCCCCCCCCCCCS(=O)(=O)c1ccc(C)c([N+](=O)[O-])c1. The molecule has 1 rings (SSSR count). The summed E-state index contributed by atoms with van der Waals surface area (Å²) in [6.45, 7) is 3.86. The summed E-state index contributed by atoms with van der Waals surface area (Å²) >= 11 is 0. The van der Waals surface area contributed by atoms with Crippen molar-refractivity contribution in [2.75, 3.05) is 5.75 Å². The van der Waals surface area contributed by atoms with Gasteiger partial charge in [-0.2, -0.15) is 0 Å². The van der Waals surface area contributed by atoms with Crippen LogP contribution >= 0.6 is 0 Å². The number of rotatable bonds is 17. The van der Waals surface area contributed by atoms with Gasteiger partial charge in [-0.3, -0.25) is 10.1 Å². The standard InChI is InChI=1S/C23H39NO4S/c1-3-4-5-6-7-8-9-10-11-12-13-14-15-16-19-29(27,28)22-18-17-21(2)23(20-22)24(25)26/h17-18,20H,3-16,19H2,1-2H3. The van der Waals surface area contributed by atoms with Gasteiger partial charge >= 0.3 is 0 Å². The van der Waals surface area contributed by atoms with Crippen LogP contribution in [0.3, 0.4) is 0 Å². The van der Waals surface area contributed by atoms with Gasteiger partial charge in [0.25, 0.3) is 5.69 Å². The van der Waals surface area contributed by atoms with Crippen molar-refractivity contribution in [1.29, 1.82) is 0 Å². The normalized spacial score (nSPS) is 11.7. The molecule has 0 amide bonds. The number of unbranched alkanes of at least 4 members (excludes halogenated alkanes) is 13. The van der Waals surface area contributed by atoms with Crippen LogP contribution in [0.25, 0.3) is 0 Å². The van der Waals surface area contributed by atoms with Crippen LogP contribution in [-0.4, -0.2) is 19.1 Å². The number of benzene rings is 1. The Morgan fingerprint density at radius 1 is 0.793 bits per heavy atom. The molecule has 0 radical (unpaired) electrons. The molecule has 0 aliphatic carbocycles. The highest BCUT2D eigenvalue weighted by molar-refractivity contribution is 7.91. The third-order valence-electron chi connectivity index (χ3n) is 5.50. The van der Waals surface area contributed by atoms with Gasteiger partial charge < -0.3 is 0 Å². The van der Waals surface area contributed by atoms with Crippen LogP contribution in [0.4, 0.5) is 5.69 Å². The van der Waals surface area contributed by atoms with E-state index in [-0.39, 0.29) is 16.3 Å². The molecule has 0 aliphatic rings. The number of sulfone groups is 1. The van der Waals surface area contributed by atoms with Crippen molar-refractivity contribution >= 4 is 15.5 Å². The first-order valence-electron chi connectivity index (χ1n) is 11.4. The molecule has 6 heteroatoms. The Morgan fingerprint density at radius 3 is 1.69 bits per heavy atom.